The van der Waals surface area contributed by atoms with Crippen molar-refractivity contribution in [2.24, 2.45) is 5.92 Å². The van der Waals surface area contributed by atoms with Crippen molar-refractivity contribution in [2.45, 2.75) is 38.4 Å². The van der Waals surface area contributed by atoms with Crippen LogP contribution in [0.4, 0.5) is 0 Å². The summed E-state index contributed by atoms with van der Waals surface area (Å²) in [4.78, 5) is 0. The van der Waals surface area contributed by atoms with Crippen LogP contribution in [0.3, 0.4) is 0 Å². The zero-order chi connectivity index (χ0) is 16.2. The van der Waals surface area contributed by atoms with Crippen LogP contribution < -0.4 is 9.47 Å². The predicted octanol–water partition coefficient (Wildman–Crippen LogP) is 4.39. The van der Waals surface area contributed by atoms with E-state index in [1.165, 1.54) is 24.0 Å². The molecule has 0 bridgehead atoms. The Hall–Kier alpha value is -2.00. The highest BCUT2D eigenvalue weighted by Gasteiger charge is 2.24. The normalized spacial score (nSPS) is 19.4. The molecule has 3 nitrogen and oxygen atoms in total. The molecule has 4 rings (SSSR count). The van der Waals surface area contributed by atoms with Crippen molar-refractivity contribution in [3.63, 3.8) is 0 Å². The highest BCUT2D eigenvalue weighted by atomic mass is 16.5. The number of ether oxygens (including phenoxy) is 3. The van der Waals surface area contributed by atoms with Crippen LogP contribution in [0.15, 0.2) is 48.5 Å². The first-order chi connectivity index (χ1) is 11.9. The van der Waals surface area contributed by atoms with Gasteiger partial charge in [0, 0.05) is 6.61 Å². The molecule has 0 radical (unpaired) electrons. The van der Waals surface area contributed by atoms with Crippen molar-refractivity contribution in [3.05, 3.63) is 59.7 Å². The van der Waals surface area contributed by atoms with Crippen molar-refractivity contribution < 1.29 is 14.2 Å². The molecule has 1 fully saturated rings. The average molecular weight is 324 g/mol. The summed E-state index contributed by atoms with van der Waals surface area (Å²) in [7, 11) is 0. The van der Waals surface area contributed by atoms with Gasteiger partial charge >= 0.3 is 0 Å². The topological polar surface area (TPSA) is 27.7 Å². The van der Waals surface area contributed by atoms with Gasteiger partial charge in [0.15, 0.2) is 0 Å². The van der Waals surface area contributed by atoms with Gasteiger partial charge in [0.2, 0.25) is 0 Å². The minimum absolute atomic E-state index is 0.187. The fourth-order valence-electron chi connectivity index (χ4n) is 3.02. The number of rotatable bonds is 7. The van der Waals surface area contributed by atoms with E-state index >= 15 is 0 Å². The summed E-state index contributed by atoms with van der Waals surface area (Å²) in [6.07, 6.45) is 4.89. The Labute approximate surface area is 143 Å². The third-order valence-corrected chi connectivity index (χ3v) is 4.66. The summed E-state index contributed by atoms with van der Waals surface area (Å²) in [5.74, 6) is 2.70. The second-order valence-electron chi connectivity index (χ2n) is 6.80. The van der Waals surface area contributed by atoms with E-state index in [1.807, 2.05) is 30.3 Å². The van der Waals surface area contributed by atoms with Gasteiger partial charge in [-0.05, 0) is 60.9 Å². The second-order valence-corrected chi connectivity index (χ2v) is 6.80. The fourth-order valence-corrected chi connectivity index (χ4v) is 3.02. The van der Waals surface area contributed by atoms with Crippen LogP contribution in [0.25, 0.3) is 0 Å². The first-order valence-corrected chi connectivity index (χ1v) is 8.91. The van der Waals surface area contributed by atoms with E-state index in [0.29, 0.717) is 13.2 Å². The summed E-state index contributed by atoms with van der Waals surface area (Å²) in [6.45, 7) is 2.21. The summed E-state index contributed by atoms with van der Waals surface area (Å²) < 4.78 is 17.7. The van der Waals surface area contributed by atoms with Crippen LogP contribution in [0.1, 0.15) is 30.4 Å². The number of hydrogen-bond acceptors (Lipinski definition) is 3. The van der Waals surface area contributed by atoms with Gasteiger partial charge < -0.3 is 14.2 Å². The summed E-state index contributed by atoms with van der Waals surface area (Å²) in [6, 6.07) is 16.4. The summed E-state index contributed by atoms with van der Waals surface area (Å²) in [5.41, 5.74) is 2.42. The lowest BCUT2D eigenvalue weighted by atomic mass is 10.0. The van der Waals surface area contributed by atoms with Gasteiger partial charge in [-0.2, -0.15) is 0 Å². The molecule has 3 heteroatoms. The second kappa shape index (κ2) is 7.27. The first kappa shape index (κ1) is 15.5. The molecule has 1 atom stereocenters. The van der Waals surface area contributed by atoms with Gasteiger partial charge in [0.05, 0.1) is 6.61 Å². The minimum Gasteiger partial charge on any atom is -0.489 e. The van der Waals surface area contributed by atoms with E-state index in [2.05, 4.69) is 18.2 Å². The standard InChI is InChI=1S/C21H24O3/c1-2-4-16(5-3-1)14-23-19-10-11-21-18(12-19)8-9-20(24-21)15-22-13-17-6-7-17/h1-5,10-12,17,20H,6-9,13-15H2/t20-/m0/s1. The predicted molar refractivity (Wildman–Crippen MR) is 93.5 cm³/mol. The molecular weight excluding hydrogens is 300 g/mol. The van der Waals surface area contributed by atoms with E-state index in [-0.39, 0.29) is 6.10 Å². The Balaban J connectivity index is 1.30. The molecule has 24 heavy (non-hydrogen) atoms. The van der Waals surface area contributed by atoms with Crippen LogP contribution >= 0.6 is 0 Å². The Morgan fingerprint density at radius 1 is 0.958 bits per heavy atom. The quantitative estimate of drug-likeness (QED) is 0.756. The molecule has 1 heterocycles. The molecule has 2 aliphatic rings. The van der Waals surface area contributed by atoms with E-state index in [4.69, 9.17) is 14.2 Å². The SMILES string of the molecule is c1ccc(COc2ccc3c(c2)CC[C@@H](COCC2CC2)O3)cc1. The maximum absolute atomic E-state index is 6.07. The Morgan fingerprint density at radius 2 is 1.83 bits per heavy atom. The molecule has 0 amide bonds. The van der Waals surface area contributed by atoms with E-state index < -0.39 is 0 Å². The number of fused-ring (bicyclic) bond motifs is 1. The average Bonchev–Trinajstić information content (AvgIpc) is 3.45. The number of aryl methyl sites for hydroxylation is 1. The Kier molecular flexibility index (Phi) is 4.70. The highest BCUT2D eigenvalue weighted by molar-refractivity contribution is 5.41. The van der Waals surface area contributed by atoms with Gasteiger partial charge in [-0.3, -0.25) is 0 Å². The van der Waals surface area contributed by atoms with Gasteiger partial charge in [-0.15, -0.1) is 0 Å². The van der Waals surface area contributed by atoms with Crippen molar-refractivity contribution in [1.82, 2.24) is 0 Å². The maximum Gasteiger partial charge on any atom is 0.123 e. The van der Waals surface area contributed by atoms with Crippen LogP contribution in [-0.2, 0) is 17.8 Å². The van der Waals surface area contributed by atoms with Gasteiger partial charge in [-0.25, -0.2) is 0 Å². The molecule has 2 aromatic rings. The van der Waals surface area contributed by atoms with E-state index in [0.717, 1.165) is 36.9 Å². The molecule has 0 aromatic heterocycles. The smallest absolute Gasteiger partial charge is 0.123 e. The monoisotopic (exact) mass is 324 g/mol. The van der Waals surface area contributed by atoms with Gasteiger partial charge in [0.25, 0.3) is 0 Å². The molecule has 0 spiro atoms. The van der Waals surface area contributed by atoms with E-state index in [1.54, 1.807) is 0 Å². The van der Waals surface area contributed by atoms with Crippen LogP contribution in [0.2, 0.25) is 0 Å². The third kappa shape index (κ3) is 4.09. The molecule has 0 saturated heterocycles. The van der Waals surface area contributed by atoms with Crippen molar-refractivity contribution in [3.8, 4) is 11.5 Å². The fraction of sp³-hybridized carbons (Fsp3) is 0.429. The van der Waals surface area contributed by atoms with Gasteiger partial charge in [-0.1, -0.05) is 30.3 Å². The summed E-state index contributed by atoms with van der Waals surface area (Å²) >= 11 is 0. The largest absolute Gasteiger partial charge is 0.489 e. The van der Waals surface area contributed by atoms with Crippen molar-refractivity contribution in [1.29, 1.82) is 0 Å². The molecule has 2 aromatic carbocycles. The maximum atomic E-state index is 6.07. The molecule has 0 unspecified atom stereocenters. The molecule has 126 valence electrons. The molecule has 1 aliphatic heterocycles. The molecule has 1 aliphatic carbocycles. The van der Waals surface area contributed by atoms with Crippen molar-refractivity contribution >= 4 is 0 Å². The number of hydrogen-bond donors (Lipinski definition) is 0. The summed E-state index contributed by atoms with van der Waals surface area (Å²) in [5, 5.41) is 0. The Morgan fingerprint density at radius 3 is 2.67 bits per heavy atom. The first-order valence-electron chi connectivity index (χ1n) is 8.91. The van der Waals surface area contributed by atoms with E-state index in [9.17, 15) is 0 Å². The van der Waals surface area contributed by atoms with Gasteiger partial charge in [0.1, 0.15) is 24.2 Å². The molecule has 0 N–H and O–H groups in total. The number of benzene rings is 2. The molecule has 1 saturated carbocycles. The Bertz CT molecular complexity index is 664. The van der Waals surface area contributed by atoms with Crippen LogP contribution in [0.5, 0.6) is 11.5 Å². The third-order valence-electron chi connectivity index (χ3n) is 4.66. The van der Waals surface area contributed by atoms with Crippen LogP contribution in [-0.4, -0.2) is 19.3 Å². The highest BCUT2D eigenvalue weighted by Crippen LogP contribution is 2.32. The minimum atomic E-state index is 0.187. The van der Waals surface area contributed by atoms with Crippen molar-refractivity contribution in [2.75, 3.05) is 13.2 Å². The molecular formula is C21H24O3. The van der Waals surface area contributed by atoms with Crippen LogP contribution in [0, 0.1) is 5.92 Å². The lowest BCUT2D eigenvalue weighted by Crippen LogP contribution is -2.28. The zero-order valence-corrected chi connectivity index (χ0v) is 13.9. The zero-order valence-electron chi connectivity index (χ0n) is 13.9. The lowest BCUT2D eigenvalue weighted by Gasteiger charge is -2.26. The lowest BCUT2D eigenvalue weighted by molar-refractivity contribution is 0.0353.